The van der Waals surface area contributed by atoms with Crippen molar-refractivity contribution >= 4 is 17.1 Å². The molecule has 0 aliphatic heterocycles. The van der Waals surface area contributed by atoms with E-state index in [1.54, 1.807) is 25.3 Å². The summed E-state index contributed by atoms with van der Waals surface area (Å²) in [4.78, 5) is 12.4. The molecule has 0 spiro atoms. The Kier molecular flexibility index (Phi) is 3.97. The average Bonchev–Trinajstić information content (AvgIpc) is 2.98. The molecule has 0 saturated carbocycles. The molecule has 23 heavy (non-hydrogen) atoms. The van der Waals surface area contributed by atoms with E-state index in [2.05, 4.69) is 35.5 Å². The molecule has 1 amide bonds. The maximum Gasteiger partial charge on any atom is 0.344 e. The summed E-state index contributed by atoms with van der Waals surface area (Å²) >= 11 is 0. The molecule has 118 valence electrons. The van der Waals surface area contributed by atoms with Gasteiger partial charge in [0.05, 0.1) is 7.11 Å². The van der Waals surface area contributed by atoms with Crippen LogP contribution in [0.25, 0.3) is 11.0 Å². The number of hydrogen-bond donors (Lipinski definition) is 1. The molecule has 3 rings (SSSR count). The molecule has 0 atom stereocenters. The van der Waals surface area contributed by atoms with Crippen LogP contribution >= 0.6 is 0 Å². The fourth-order valence-electron chi connectivity index (χ4n) is 2.34. The Morgan fingerprint density at radius 2 is 2.00 bits per heavy atom. The van der Waals surface area contributed by atoms with Crippen LogP contribution in [0.2, 0.25) is 0 Å². The van der Waals surface area contributed by atoms with Crippen LogP contribution in [0.15, 0.2) is 36.4 Å². The van der Waals surface area contributed by atoms with E-state index in [0.717, 1.165) is 5.56 Å². The SMILES string of the molecule is COc1ccc2nnn(C(=O)NCc3ccc(C)c(C)c3)c2c1. The highest BCUT2D eigenvalue weighted by Crippen LogP contribution is 2.18. The van der Waals surface area contributed by atoms with Crippen LogP contribution in [0.4, 0.5) is 4.79 Å². The van der Waals surface area contributed by atoms with Crippen molar-refractivity contribution in [1.29, 1.82) is 0 Å². The third-order valence-corrected chi connectivity index (χ3v) is 3.86. The molecule has 2 aromatic carbocycles. The molecule has 6 heteroatoms. The van der Waals surface area contributed by atoms with E-state index in [-0.39, 0.29) is 6.03 Å². The van der Waals surface area contributed by atoms with Gasteiger partial charge in [0.25, 0.3) is 0 Å². The lowest BCUT2D eigenvalue weighted by Crippen LogP contribution is -2.29. The summed E-state index contributed by atoms with van der Waals surface area (Å²) in [5, 5.41) is 10.8. The molecule has 1 N–H and O–H groups in total. The zero-order valence-corrected chi connectivity index (χ0v) is 13.3. The number of methoxy groups -OCH3 is 1. The minimum absolute atomic E-state index is 0.320. The molecule has 1 heterocycles. The summed E-state index contributed by atoms with van der Waals surface area (Å²) < 4.78 is 6.43. The standard InChI is InChI=1S/C17H18N4O2/c1-11-4-5-13(8-12(11)2)10-18-17(22)21-16-9-14(23-3)6-7-15(16)19-20-21/h4-9H,10H2,1-3H3,(H,18,22). The maximum absolute atomic E-state index is 12.4. The monoisotopic (exact) mass is 310 g/mol. The Balaban J connectivity index is 1.79. The second kappa shape index (κ2) is 6.08. The number of amides is 1. The lowest BCUT2D eigenvalue weighted by Gasteiger charge is -2.08. The van der Waals surface area contributed by atoms with Crippen molar-refractivity contribution in [3.63, 3.8) is 0 Å². The molecule has 0 radical (unpaired) electrons. The van der Waals surface area contributed by atoms with Gasteiger partial charge in [-0.25, -0.2) is 4.79 Å². The summed E-state index contributed by atoms with van der Waals surface area (Å²) in [6, 6.07) is 11.1. The van der Waals surface area contributed by atoms with E-state index in [4.69, 9.17) is 4.74 Å². The molecule has 1 aromatic heterocycles. The molecule has 0 aliphatic carbocycles. The number of carbonyl (C=O) groups excluding carboxylic acids is 1. The number of nitrogens with one attached hydrogen (secondary N) is 1. The van der Waals surface area contributed by atoms with Crippen molar-refractivity contribution in [3.05, 3.63) is 53.1 Å². The number of hydrogen-bond acceptors (Lipinski definition) is 4. The normalized spacial score (nSPS) is 10.7. The van der Waals surface area contributed by atoms with Gasteiger partial charge in [-0.15, -0.1) is 5.10 Å². The highest BCUT2D eigenvalue weighted by Gasteiger charge is 2.12. The van der Waals surface area contributed by atoms with Crippen LogP contribution in [0, 0.1) is 13.8 Å². The Morgan fingerprint density at radius 3 is 2.74 bits per heavy atom. The smallest absolute Gasteiger partial charge is 0.344 e. The number of benzene rings is 2. The number of aromatic nitrogens is 3. The third-order valence-electron chi connectivity index (χ3n) is 3.86. The number of rotatable bonds is 3. The molecular weight excluding hydrogens is 292 g/mol. The lowest BCUT2D eigenvalue weighted by atomic mass is 10.1. The van der Waals surface area contributed by atoms with Crippen LogP contribution < -0.4 is 10.1 Å². The van der Waals surface area contributed by atoms with Gasteiger partial charge in [-0.1, -0.05) is 23.4 Å². The third kappa shape index (κ3) is 3.01. The highest BCUT2D eigenvalue weighted by atomic mass is 16.5. The van der Waals surface area contributed by atoms with Crippen molar-refractivity contribution in [3.8, 4) is 5.75 Å². The van der Waals surface area contributed by atoms with Gasteiger partial charge in [0, 0.05) is 12.6 Å². The van der Waals surface area contributed by atoms with E-state index in [1.807, 2.05) is 12.1 Å². The molecule has 0 unspecified atom stereocenters. The summed E-state index contributed by atoms with van der Waals surface area (Å²) in [5.41, 5.74) is 4.74. The van der Waals surface area contributed by atoms with Gasteiger partial charge < -0.3 is 10.1 Å². The Labute approximate surface area is 134 Å². The largest absolute Gasteiger partial charge is 0.497 e. The molecule has 0 saturated heterocycles. The first-order chi connectivity index (χ1) is 11.1. The van der Waals surface area contributed by atoms with E-state index in [0.29, 0.717) is 23.3 Å². The Morgan fingerprint density at radius 1 is 1.17 bits per heavy atom. The van der Waals surface area contributed by atoms with Crippen LogP contribution in [-0.4, -0.2) is 28.1 Å². The quantitative estimate of drug-likeness (QED) is 0.807. The van der Waals surface area contributed by atoms with E-state index in [9.17, 15) is 4.79 Å². The molecular formula is C17H18N4O2. The van der Waals surface area contributed by atoms with Gasteiger partial charge in [-0.2, -0.15) is 4.68 Å². The maximum atomic E-state index is 12.4. The van der Waals surface area contributed by atoms with E-state index < -0.39 is 0 Å². The van der Waals surface area contributed by atoms with Crippen LogP contribution in [0.1, 0.15) is 16.7 Å². The van der Waals surface area contributed by atoms with Crippen LogP contribution in [-0.2, 0) is 6.54 Å². The predicted molar refractivity (Wildman–Crippen MR) is 87.6 cm³/mol. The molecule has 3 aromatic rings. The van der Waals surface area contributed by atoms with Crippen LogP contribution in [0.3, 0.4) is 0 Å². The molecule has 6 nitrogen and oxygen atoms in total. The fourth-order valence-corrected chi connectivity index (χ4v) is 2.34. The van der Waals surface area contributed by atoms with E-state index >= 15 is 0 Å². The lowest BCUT2D eigenvalue weighted by molar-refractivity contribution is 0.239. The minimum atomic E-state index is -0.320. The van der Waals surface area contributed by atoms with Gasteiger partial charge in [0.15, 0.2) is 0 Å². The first kappa shape index (κ1) is 15.0. The van der Waals surface area contributed by atoms with E-state index in [1.165, 1.54) is 15.8 Å². The van der Waals surface area contributed by atoms with Crippen molar-refractivity contribution in [1.82, 2.24) is 20.3 Å². The van der Waals surface area contributed by atoms with Gasteiger partial charge in [0.1, 0.15) is 16.8 Å². The molecule has 0 aliphatic rings. The first-order valence-electron chi connectivity index (χ1n) is 7.32. The van der Waals surface area contributed by atoms with Crippen molar-refractivity contribution < 1.29 is 9.53 Å². The zero-order valence-electron chi connectivity index (χ0n) is 13.3. The number of carbonyl (C=O) groups is 1. The van der Waals surface area contributed by atoms with Crippen LogP contribution in [0.5, 0.6) is 5.75 Å². The Hall–Kier alpha value is -2.89. The number of ether oxygens (including phenoxy) is 1. The summed E-state index contributed by atoms with van der Waals surface area (Å²) in [6.07, 6.45) is 0. The topological polar surface area (TPSA) is 69.0 Å². The number of nitrogens with zero attached hydrogens (tertiary/aromatic N) is 3. The van der Waals surface area contributed by atoms with Gasteiger partial charge >= 0.3 is 6.03 Å². The van der Waals surface area contributed by atoms with Gasteiger partial charge in [-0.3, -0.25) is 0 Å². The first-order valence-corrected chi connectivity index (χ1v) is 7.32. The second-order valence-corrected chi connectivity index (χ2v) is 5.43. The summed E-state index contributed by atoms with van der Waals surface area (Å²) in [5.74, 6) is 0.656. The summed E-state index contributed by atoms with van der Waals surface area (Å²) in [6.45, 7) is 4.55. The second-order valence-electron chi connectivity index (χ2n) is 5.43. The molecule has 0 fully saturated rings. The van der Waals surface area contributed by atoms with Gasteiger partial charge in [-0.05, 0) is 42.7 Å². The van der Waals surface area contributed by atoms with Crippen molar-refractivity contribution in [2.75, 3.05) is 7.11 Å². The number of fused-ring (bicyclic) bond motifs is 1. The molecule has 0 bridgehead atoms. The Bertz CT molecular complexity index is 870. The number of aryl methyl sites for hydroxylation is 2. The van der Waals surface area contributed by atoms with Crippen molar-refractivity contribution in [2.24, 2.45) is 0 Å². The van der Waals surface area contributed by atoms with Crippen molar-refractivity contribution in [2.45, 2.75) is 20.4 Å². The zero-order chi connectivity index (χ0) is 16.4. The average molecular weight is 310 g/mol. The minimum Gasteiger partial charge on any atom is -0.497 e. The van der Waals surface area contributed by atoms with Gasteiger partial charge in [0.2, 0.25) is 0 Å². The highest BCUT2D eigenvalue weighted by molar-refractivity contribution is 5.88. The predicted octanol–water partition coefficient (Wildman–Crippen LogP) is 2.81. The summed E-state index contributed by atoms with van der Waals surface area (Å²) in [7, 11) is 1.58. The fraction of sp³-hybridized carbons (Fsp3) is 0.235.